The molecule has 1 aromatic heterocycles. The van der Waals surface area contributed by atoms with Crippen LogP contribution in [-0.4, -0.2) is 64.7 Å². The van der Waals surface area contributed by atoms with Gasteiger partial charge in [0.2, 0.25) is 5.91 Å². The van der Waals surface area contributed by atoms with Gasteiger partial charge in [-0.15, -0.1) is 0 Å². The molecule has 0 saturated carbocycles. The molecule has 0 aromatic carbocycles. The summed E-state index contributed by atoms with van der Waals surface area (Å²) in [6.07, 6.45) is -3.23. The molecule has 148 valence electrons. The summed E-state index contributed by atoms with van der Waals surface area (Å²) >= 11 is 0. The van der Waals surface area contributed by atoms with E-state index < -0.39 is 11.9 Å². The van der Waals surface area contributed by atoms with E-state index in [1.807, 2.05) is 20.8 Å². The minimum Gasteiger partial charge on any atom is -0.357 e. The third kappa shape index (κ3) is 5.92. The summed E-state index contributed by atoms with van der Waals surface area (Å²) in [4.78, 5) is 19.8. The molecule has 10 heteroatoms. The second kappa shape index (κ2) is 9.44. The molecule has 1 aromatic rings. The van der Waals surface area contributed by atoms with Crippen LogP contribution in [0.4, 0.5) is 13.2 Å². The molecule has 7 nitrogen and oxygen atoms in total. The van der Waals surface area contributed by atoms with Crippen molar-refractivity contribution in [1.82, 2.24) is 24.9 Å². The first-order chi connectivity index (χ1) is 12.1. The van der Waals surface area contributed by atoms with Crippen molar-refractivity contribution in [3.8, 4) is 0 Å². The van der Waals surface area contributed by atoms with Crippen LogP contribution in [-0.2, 0) is 24.6 Å². The Morgan fingerprint density at radius 3 is 2.42 bits per heavy atom. The van der Waals surface area contributed by atoms with Crippen LogP contribution in [0.1, 0.15) is 32.0 Å². The second-order valence-electron chi connectivity index (χ2n) is 5.77. The lowest BCUT2D eigenvalue weighted by Gasteiger charge is -2.25. The zero-order chi connectivity index (χ0) is 19.9. The Morgan fingerprint density at radius 1 is 1.31 bits per heavy atom. The number of likely N-dealkylation sites (N-methyl/N-ethyl adjacent to an activating group) is 2. The highest BCUT2D eigenvalue weighted by Gasteiger charge is 2.36. The largest absolute Gasteiger partial charge is 0.435 e. The summed E-state index contributed by atoms with van der Waals surface area (Å²) in [6, 6.07) is 0. The predicted molar refractivity (Wildman–Crippen MR) is 93.6 cm³/mol. The average Bonchev–Trinajstić information content (AvgIpc) is 2.93. The number of guanidine groups is 1. The molecule has 0 radical (unpaired) electrons. The molecule has 0 bridgehead atoms. The molecule has 0 fully saturated rings. The van der Waals surface area contributed by atoms with Crippen LogP contribution in [0.3, 0.4) is 0 Å². The fourth-order valence-corrected chi connectivity index (χ4v) is 2.48. The van der Waals surface area contributed by atoms with Crippen LogP contribution >= 0.6 is 0 Å². The van der Waals surface area contributed by atoms with E-state index in [1.54, 1.807) is 16.8 Å². The van der Waals surface area contributed by atoms with E-state index in [2.05, 4.69) is 15.4 Å². The number of carbonyl (C=O) groups excluding carboxylic acids is 1. The number of rotatable bonds is 7. The van der Waals surface area contributed by atoms with Crippen LogP contribution in [0.15, 0.2) is 11.2 Å². The lowest BCUT2D eigenvalue weighted by atomic mass is 10.2. The Bertz CT molecular complexity index is 622. The summed E-state index contributed by atoms with van der Waals surface area (Å²) in [6.45, 7) is 7.26. The Labute approximate surface area is 151 Å². The highest BCUT2D eigenvalue weighted by Crippen LogP contribution is 2.30. The molecule has 0 saturated heterocycles. The fourth-order valence-electron chi connectivity index (χ4n) is 2.48. The van der Waals surface area contributed by atoms with Crippen LogP contribution in [0.5, 0.6) is 0 Å². The Hall–Kier alpha value is -2.26. The number of hydrogen-bond acceptors (Lipinski definition) is 3. The van der Waals surface area contributed by atoms with E-state index in [0.717, 1.165) is 4.68 Å². The molecular formula is C16H27F3N6O. The predicted octanol–water partition coefficient (Wildman–Crippen LogP) is 1.70. The minimum atomic E-state index is -4.53. The van der Waals surface area contributed by atoms with Crippen molar-refractivity contribution in [3.63, 3.8) is 0 Å². The van der Waals surface area contributed by atoms with Gasteiger partial charge in [0.05, 0.1) is 13.1 Å². The normalized spacial score (nSPS) is 12.2. The monoisotopic (exact) mass is 376 g/mol. The van der Waals surface area contributed by atoms with Gasteiger partial charge in [-0.25, -0.2) is 4.99 Å². The van der Waals surface area contributed by atoms with Crippen molar-refractivity contribution in [2.75, 3.05) is 33.2 Å². The van der Waals surface area contributed by atoms with Crippen LogP contribution in [0, 0.1) is 0 Å². The van der Waals surface area contributed by atoms with Crippen molar-refractivity contribution in [1.29, 1.82) is 0 Å². The molecule has 1 rings (SSSR count). The van der Waals surface area contributed by atoms with Gasteiger partial charge in [-0.3, -0.25) is 9.48 Å². The minimum absolute atomic E-state index is 0.0149. The third-order valence-electron chi connectivity index (χ3n) is 3.76. The number of aliphatic imine (C=N–C) groups is 1. The van der Waals surface area contributed by atoms with Crippen molar-refractivity contribution in [2.45, 2.75) is 33.5 Å². The molecular weight excluding hydrogens is 349 g/mol. The first-order valence-corrected chi connectivity index (χ1v) is 8.50. The summed E-state index contributed by atoms with van der Waals surface area (Å²) < 4.78 is 40.2. The molecule has 1 heterocycles. The maximum Gasteiger partial charge on any atom is 0.435 e. The van der Waals surface area contributed by atoms with Crippen LogP contribution < -0.4 is 5.32 Å². The number of amides is 1. The van der Waals surface area contributed by atoms with Gasteiger partial charge in [-0.2, -0.15) is 18.3 Å². The van der Waals surface area contributed by atoms with Crippen molar-refractivity contribution >= 4 is 11.9 Å². The van der Waals surface area contributed by atoms with Crippen LogP contribution in [0.2, 0.25) is 0 Å². The number of hydrogen-bond donors (Lipinski definition) is 1. The van der Waals surface area contributed by atoms with E-state index >= 15 is 0 Å². The first kappa shape index (κ1) is 21.8. The van der Waals surface area contributed by atoms with Crippen molar-refractivity contribution < 1.29 is 18.0 Å². The van der Waals surface area contributed by atoms with E-state index in [1.165, 1.54) is 13.2 Å². The van der Waals surface area contributed by atoms with Gasteiger partial charge in [0, 0.05) is 45.5 Å². The fraction of sp³-hybridized carbons (Fsp3) is 0.688. The molecule has 0 aliphatic heterocycles. The molecule has 0 aliphatic rings. The number of nitrogens with zero attached hydrogens (tertiary/aromatic N) is 5. The highest BCUT2D eigenvalue weighted by atomic mass is 19.4. The lowest BCUT2D eigenvalue weighted by molar-refractivity contribution is -0.142. The van der Waals surface area contributed by atoms with Gasteiger partial charge >= 0.3 is 6.18 Å². The summed E-state index contributed by atoms with van der Waals surface area (Å²) in [7, 11) is 3.11. The maximum atomic E-state index is 13.0. The number of carbonyl (C=O) groups is 1. The average molecular weight is 376 g/mol. The Morgan fingerprint density at radius 2 is 1.92 bits per heavy atom. The summed E-state index contributed by atoms with van der Waals surface area (Å²) in [5.74, 6) is 0.297. The summed E-state index contributed by atoms with van der Waals surface area (Å²) in [5.41, 5.74) is -0.958. The van der Waals surface area contributed by atoms with Crippen LogP contribution in [0.25, 0.3) is 0 Å². The summed E-state index contributed by atoms with van der Waals surface area (Å²) in [5, 5.41) is 6.47. The molecule has 0 aliphatic carbocycles. The third-order valence-corrected chi connectivity index (χ3v) is 3.76. The number of halogens is 3. The number of aromatic nitrogens is 2. The van der Waals surface area contributed by atoms with E-state index in [4.69, 9.17) is 0 Å². The Kier molecular flexibility index (Phi) is 7.91. The van der Waals surface area contributed by atoms with E-state index in [9.17, 15) is 18.0 Å². The van der Waals surface area contributed by atoms with E-state index in [0.29, 0.717) is 25.6 Å². The number of alkyl halides is 3. The molecule has 0 unspecified atom stereocenters. The van der Waals surface area contributed by atoms with Gasteiger partial charge in [-0.05, 0) is 20.8 Å². The number of nitrogens with one attached hydrogen (secondary N) is 1. The standard InChI is InChI=1S/C16H27F3N6O/c1-6-20-15(23(4)11-13(26)25(7-2)8-3)21-9-12-10-24(5)22-14(12)16(17,18)19/h10H,6-9,11H2,1-5H3,(H,20,21). The zero-order valence-electron chi connectivity index (χ0n) is 15.9. The quantitative estimate of drug-likeness (QED) is 0.581. The molecule has 0 spiro atoms. The van der Waals surface area contributed by atoms with Crippen molar-refractivity contribution in [2.24, 2.45) is 12.0 Å². The Balaban J connectivity index is 2.95. The van der Waals surface area contributed by atoms with Gasteiger partial charge in [-0.1, -0.05) is 0 Å². The van der Waals surface area contributed by atoms with E-state index in [-0.39, 0.29) is 24.6 Å². The van der Waals surface area contributed by atoms with Gasteiger partial charge in [0.15, 0.2) is 11.7 Å². The molecule has 26 heavy (non-hydrogen) atoms. The lowest BCUT2D eigenvalue weighted by Crippen LogP contribution is -2.45. The SMILES string of the molecule is CCNC(=NCc1cn(C)nc1C(F)(F)F)N(C)CC(=O)N(CC)CC. The smallest absolute Gasteiger partial charge is 0.357 e. The first-order valence-electron chi connectivity index (χ1n) is 8.50. The molecule has 1 N–H and O–H groups in total. The topological polar surface area (TPSA) is 65.8 Å². The zero-order valence-corrected chi connectivity index (χ0v) is 15.9. The molecule has 1 amide bonds. The van der Waals surface area contributed by atoms with Gasteiger partial charge in [0.25, 0.3) is 0 Å². The van der Waals surface area contributed by atoms with Crippen molar-refractivity contribution in [3.05, 3.63) is 17.5 Å². The highest BCUT2D eigenvalue weighted by molar-refractivity contribution is 5.86. The van der Waals surface area contributed by atoms with Gasteiger partial charge < -0.3 is 15.1 Å². The van der Waals surface area contributed by atoms with Gasteiger partial charge in [0.1, 0.15) is 0 Å². The maximum absolute atomic E-state index is 13.0. The molecule has 0 atom stereocenters. The number of aryl methyl sites for hydroxylation is 1. The second-order valence-corrected chi connectivity index (χ2v) is 5.77.